The number of pyridine rings is 1. The molecule has 1 aromatic rings. The molecule has 0 atom stereocenters. The van der Waals surface area contributed by atoms with E-state index in [1.807, 2.05) is 14.1 Å². The maximum atomic E-state index is 12.4. The summed E-state index contributed by atoms with van der Waals surface area (Å²) in [4.78, 5) is 25.8. The van der Waals surface area contributed by atoms with Gasteiger partial charge in [-0.25, -0.2) is 0 Å². The normalized spacial score (nSPS) is 22.6. The quantitative estimate of drug-likeness (QED) is 0.896. The Morgan fingerprint density at radius 2 is 2.00 bits per heavy atom. The number of carbonyl (C=O) groups excluding carboxylic acids is 1. The van der Waals surface area contributed by atoms with Crippen LogP contribution in [0.1, 0.15) is 36.0 Å². The van der Waals surface area contributed by atoms with Crippen LogP contribution in [0.25, 0.3) is 0 Å². The fourth-order valence-electron chi connectivity index (χ4n) is 2.80. The monoisotopic (exact) mass is 277 g/mol. The van der Waals surface area contributed by atoms with Crippen LogP contribution in [0.2, 0.25) is 0 Å². The molecule has 1 heterocycles. The van der Waals surface area contributed by atoms with E-state index in [0.29, 0.717) is 11.6 Å². The number of nitrogens with one attached hydrogen (secondary N) is 1. The molecular weight excluding hydrogens is 254 g/mol. The number of hydrogen-bond acceptors (Lipinski definition) is 3. The molecular formula is C15H23N3O2. The Kier molecular flexibility index (Phi) is 4.60. The van der Waals surface area contributed by atoms with Gasteiger partial charge in [0, 0.05) is 44.0 Å². The van der Waals surface area contributed by atoms with Gasteiger partial charge in [0.1, 0.15) is 0 Å². The van der Waals surface area contributed by atoms with Crippen molar-refractivity contribution in [2.45, 2.75) is 37.8 Å². The largest absolute Gasteiger partial charge is 0.339 e. The van der Waals surface area contributed by atoms with Crippen molar-refractivity contribution < 1.29 is 4.79 Å². The minimum atomic E-state index is -0.150. The summed E-state index contributed by atoms with van der Waals surface area (Å²) in [6.45, 7) is 0. The van der Waals surface area contributed by atoms with Gasteiger partial charge in [-0.15, -0.1) is 0 Å². The lowest BCUT2D eigenvalue weighted by Gasteiger charge is -2.34. The van der Waals surface area contributed by atoms with Crippen molar-refractivity contribution in [3.8, 4) is 0 Å². The molecule has 110 valence electrons. The minimum absolute atomic E-state index is 0.0596. The van der Waals surface area contributed by atoms with Crippen LogP contribution in [0, 0.1) is 0 Å². The lowest BCUT2D eigenvalue weighted by molar-refractivity contribution is 0.0685. The highest BCUT2D eigenvalue weighted by Gasteiger charge is 2.26. The van der Waals surface area contributed by atoms with Gasteiger partial charge in [0.25, 0.3) is 11.5 Å². The van der Waals surface area contributed by atoms with Gasteiger partial charge in [-0.3, -0.25) is 9.59 Å². The van der Waals surface area contributed by atoms with Crippen molar-refractivity contribution in [3.05, 3.63) is 34.2 Å². The van der Waals surface area contributed by atoms with E-state index in [1.165, 1.54) is 10.6 Å². The van der Waals surface area contributed by atoms with Crippen LogP contribution in [-0.4, -0.2) is 41.6 Å². The summed E-state index contributed by atoms with van der Waals surface area (Å²) in [6, 6.07) is 3.97. The lowest BCUT2D eigenvalue weighted by atomic mass is 9.90. The maximum Gasteiger partial charge on any atom is 0.254 e. The van der Waals surface area contributed by atoms with E-state index in [2.05, 4.69) is 5.32 Å². The van der Waals surface area contributed by atoms with E-state index in [4.69, 9.17) is 0 Å². The second kappa shape index (κ2) is 6.22. The van der Waals surface area contributed by atoms with Crippen LogP contribution in [0.3, 0.4) is 0 Å². The van der Waals surface area contributed by atoms with Crippen LogP contribution >= 0.6 is 0 Å². The second-order valence-electron chi connectivity index (χ2n) is 5.57. The Morgan fingerprint density at radius 1 is 1.35 bits per heavy atom. The first kappa shape index (κ1) is 14.8. The van der Waals surface area contributed by atoms with Gasteiger partial charge >= 0.3 is 0 Å². The minimum Gasteiger partial charge on any atom is -0.339 e. The first-order chi connectivity index (χ1) is 9.52. The maximum absolute atomic E-state index is 12.4. The Labute approximate surface area is 119 Å². The molecule has 0 unspecified atom stereocenters. The summed E-state index contributed by atoms with van der Waals surface area (Å²) in [5.74, 6) is -0.0596. The van der Waals surface area contributed by atoms with E-state index in [9.17, 15) is 9.59 Å². The molecule has 0 aliphatic heterocycles. The summed E-state index contributed by atoms with van der Waals surface area (Å²) >= 11 is 0. The van der Waals surface area contributed by atoms with Crippen LogP contribution in [0.5, 0.6) is 0 Å². The zero-order chi connectivity index (χ0) is 14.7. The third-order valence-electron chi connectivity index (χ3n) is 4.32. The van der Waals surface area contributed by atoms with Gasteiger partial charge in [0.05, 0.1) is 0 Å². The lowest BCUT2D eigenvalue weighted by Crippen LogP contribution is -2.42. The molecule has 0 spiro atoms. The van der Waals surface area contributed by atoms with E-state index >= 15 is 0 Å². The molecule has 1 aromatic heterocycles. The molecule has 0 bridgehead atoms. The van der Waals surface area contributed by atoms with Gasteiger partial charge < -0.3 is 14.8 Å². The molecule has 5 heteroatoms. The van der Waals surface area contributed by atoms with E-state index in [-0.39, 0.29) is 17.5 Å². The van der Waals surface area contributed by atoms with Gasteiger partial charge in [-0.1, -0.05) is 0 Å². The van der Waals surface area contributed by atoms with Gasteiger partial charge in [0.2, 0.25) is 0 Å². The average Bonchev–Trinajstić information content (AvgIpc) is 2.48. The SMILES string of the molecule is CNC1CCC(N(C)C(=O)c2ccn(C)c(=O)c2)CC1. The molecule has 0 aromatic carbocycles. The molecule has 0 saturated heterocycles. The van der Waals surface area contributed by atoms with E-state index < -0.39 is 0 Å². The molecule has 5 nitrogen and oxygen atoms in total. The zero-order valence-corrected chi connectivity index (χ0v) is 12.4. The highest BCUT2D eigenvalue weighted by molar-refractivity contribution is 5.94. The number of aryl methyl sites for hydroxylation is 1. The topological polar surface area (TPSA) is 54.3 Å². The van der Waals surface area contributed by atoms with Crippen molar-refractivity contribution >= 4 is 5.91 Å². The van der Waals surface area contributed by atoms with Crippen molar-refractivity contribution in [2.75, 3.05) is 14.1 Å². The van der Waals surface area contributed by atoms with Gasteiger partial charge in [0.15, 0.2) is 0 Å². The summed E-state index contributed by atoms with van der Waals surface area (Å²) < 4.78 is 1.47. The average molecular weight is 277 g/mol. The third kappa shape index (κ3) is 3.10. The summed E-state index contributed by atoms with van der Waals surface area (Å²) in [5, 5.41) is 3.29. The van der Waals surface area contributed by atoms with Gasteiger partial charge in [-0.2, -0.15) is 0 Å². The van der Waals surface area contributed by atoms with Crippen molar-refractivity contribution in [1.29, 1.82) is 0 Å². The molecule has 1 saturated carbocycles. The molecule has 2 rings (SSSR count). The Balaban J connectivity index is 2.05. The van der Waals surface area contributed by atoms with Crippen molar-refractivity contribution in [2.24, 2.45) is 7.05 Å². The number of carbonyl (C=O) groups is 1. The molecule has 20 heavy (non-hydrogen) atoms. The highest BCUT2D eigenvalue weighted by Crippen LogP contribution is 2.23. The fourth-order valence-corrected chi connectivity index (χ4v) is 2.80. The number of rotatable bonds is 3. The van der Waals surface area contributed by atoms with E-state index in [0.717, 1.165) is 25.7 Å². The third-order valence-corrected chi connectivity index (χ3v) is 4.32. The first-order valence-corrected chi connectivity index (χ1v) is 7.14. The smallest absolute Gasteiger partial charge is 0.254 e. The van der Waals surface area contributed by atoms with Crippen LogP contribution in [-0.2, 0) is 7.05 Å². The van der Waals surface area contributed by atoms with Crippen molar-refractivity contribution in [1.82, 2.24) is 14.8 Å². The zero-order valence-electron chi connectivity index (χ0n) is 12.4. The highest BCUT2D eigenvalue weighted by atomic mass is 16.2. The summed E-state index contributed by atoms with van der Waals surface area (Å²) in [6.07, 6.45) is 5.85. The van der Waals surface area contributed by atoms with Crippen LogP contribution < -0.4 is 10.9 Å². The molecule has 0 radical (unpaired) electrons. The number of amides is 1. The number of nitrogens with zero attached hydrogens (tertiary/aromatic N) is 2. The molecule has 1 fully saturated rings. The second-order valence-corrected chi connectivity index (χ2v) is 5.57. The Bertz CT molecular complexity index is 530. The first-order valence-electron chi connectivity index (χ1n) is 7.14. The van der Waals surface area contributed by atoms with E-state index in [1.54, 1.807) is 24.2 Å². The number of hydrogen-bond donors (Lipinski definition) is 1. The summed E-state index contributed by atoms with van der Waals surface area (Å²) in [7, 11) is 5.50. The molecule has 1 N–H and O–H groups in total. The fraction of sp³-hybridized carbons (Fsp3) is 0.600. The molecule has 1 amide bonds. The number of aromatic nitrogens is 1. The van der Waals surface area contributed by atoms with Crippen molar-refractivity contribution in [3.63, 3.8) is 0 Å². The summed E-state index contributed by atoms with van der Waals surface area (Å²) in [5.41, 5.74) is 0.328. The predicted molar refractivity (Wildman–Crippen MR) is 78.9 cm³/mol. The Hall–Kier alpha value is -1.62. The van der Waals surface area contributed by atoms with Gasteiger partial charge in [-0.05, 0) is 38.8 Å². The molecule has 1 aliphatic rings. The Morgan fingerprint density at radius 3 is 2.55 bits per heavy atom. The molecule has 1 aliphatic carbocycles. The van der Waals surface area contributed by atoms with Crippen LogP contribution in [0.15, 0.2) is 23.1 Å². The predicted octanol–water partition coefficient (Wildman–Crippen LogP) is 0.988. The standard InChI is InChI=1S/C15H23N3O2/c1-16-12-4-6-13(7-5-12)18(3)15(20)11-8-9-17(2)14(19)10-11/h8-10,12-13,16H,4-7H2,1-3H3. The van der Waals surface area contributed by atoms with Crippen LogP contribution in [0.4, 0.5) is 0 Å².